The smallest absolute Gasteiger partial charge is 0.407 e. The second-order valence-electron chi connectivity index (χ2n) is 12.0. The van der Waals surface area contributed by atoms with Crippen molar-refractivity contribution in [3.63, 3.8) is 0 Å². The van der Waals surface area contributed by atoms with Gasteiger partial charge in [-0.05, 0) is 79.3 Å². The molecule has 4 heteroatoms. The Labute approximate surface area is 210 Å². The molecule has 184 valence electrons. The number of pyridine rings is 1. The van der Waals surface area contributed by atoms with Gasteiger partial charge in [0.05, 0.1) is 11.4 Å². The highest BCUT2D eigenvalue weighted by atomic mass is 16.6. The third-order valence-corrected chi connectivity index (χ3v) is 6.98. The van der Waals surface area contributed by atoms with E-state index in [1.807, 2.05) is 39.0 Å². The van der Waals surface area contributed by atoms with Crippen LogP contribution in [-0.4, -0.2) is 16.7 Å². The maximum absolute atomic E-state index is 11.9. The minimum atomic E-state index is -0.505. The molecule has 1 N–H and O–H groups in total. The summed E-state index contributed by atoms with van der Waals surface area (Å²) in [6, 6.07) is 21.2. The molecule has 35 heavy (non-hydrogen) atoms. The quantitative estimate of drug-likeness (QED) is 0.423. The van der Waals surface area contributed by atoms with E-state index in [0.717, 1.165) is 28.1 Å². The van der Waals surface area contributed by atoms with Crippen LogP contribution in [0.2, 0.25) is 0 Å². The van der Waals surface area contributed by atoms with Crippen LogP contribution in [0, 0.1) is 0 Å². The highest BCUT2D eigenvalue weighted by Crippen LogP contribution is 2.46. The predicted molar refractivity (Wildman–Crippen MR) is 143 cm³/mol. The molecule has 1 aromatic heterocycles. The molecule has 1 aliphatic rings. The summed E-state index contributed by atoms with van der Waals surface area (Å²) in [5.41, 5.74) is 7.92. The lowest BCUT2D eigenvalue weighted by atomic mass is 9.63. The number of fused-ring (bicyclic) bond motifs is 1. The van der Waals surface area contributed by atoms with Gasteiger partial charge in [-0.15, -0.1) is 0 Å². The van der Waals surface area contributed by atoms with Crippen molar-refractivity contribution < 1.29 is 9.53 Å². The Morgan fingerprint density at radius 3 is 2.06 bits per heavy atom. The Morgan fingerprint density at radius 1 is 0.857 bits per heavy atom. The fraction of sp³-hybridized carbons (Fsp3) is 0.419. The second-order valence-corrected chi connectivity index (χ2v) is 12.0. The number of nitrogens with zero attached hydrogens (tertiary/aromatic N) is 1. The zero-order valence-electron chi connectivity index (χ0n) is 22.2. The number of ether oxygens (including phenoxy) is 1. The maximum Gasteiger partial charge on any atom is 0.407 e. The third kappa shape index (κ3) is 5.75. The molecule has 1 aliphatic carbocycles. The maximum atomic E-state index is 11.9. The number of carbonyl (C=O) groups is 1. The van der Waals surface area contributed by atoms with E-state index in [-0.39, 0.29) is 10.8 Å². The van der Waals surface area contributed by atoms with Crippen molar-refractivity contribution in [3.8, 4) is 22.5 Å². The van der Waals surface area contributed by atoms with Gasteiger partial charge in [0.2, 0.25) is 0 Å². The Bertz CT molecular complexity index is 1220. The average Bonchev–Trinajstić information content (AvgIpc) is 2.80. The van der Waals surface area contributed by atoms with E-state index in [4.69, 9.17) is 9.72 Å². The van der Waals surface area contributed by atoms with Gasteiger partial charge < -0.3 is 10.1 Å². The van der Waals surface area contributed by atoms with Crippen molar-refractivity contribution in [3.05, 3.63) is 77.4 Å². The first-order valence-electron chi connectivity index (χ1n) is 12.5. The first-order chi connectivity index (χ1) is 16.3. The van der Waals surface area contributed by atoms with E-state index in [1.54, 1.807) is 0 Å². The second kappa shape index (κ2) is 9.14. The number of hydrogen-bond acceptors (Lipinski definition) is 3. The van der Waals surface area contributed by atoms with E-state index in [0.29, 0.717) is 6.54 Å². The Balaban J connectivity index is 1.54. The number of hydrogen-bond donors (Lipinski definition) is 1. The van der Waals surface area contributed by atoms with Crippen LogP contribution in [0.1, 0.15) is 78.0 Å². The highest BCUT2D eigenvalue weighted by Gasteiger charge is 2.37. The van der Waals surface area contributed by atoms with Gasteiger partial charge in [0.25, 0.3) is 0 Å². The molecule has 1 heterocycles. The van der Waals surface area contributed by atoms with Crippen LogP contribution >= 0.6 is 0 Å². The SMILES string of the molecule is CC(C)(C)OC(=O)NCc1ccc(-c2cccc(-c3ccc4c(c3)C(C)(C)CCC4(C)C)n2)cc1. The van der Waals surface area contributed by atoms with Crippen molar-refractivity contribution in [2.75, 3.05) is 0 Å². The molecule has 0 unspecified atom stereocenters. The van der Waals surface area contributed by atoms with E-state index in [2.05, 4.69) is 75.5 Å². The number of nitrogens with one attached hydrogen (secondary N) is 1. The molecule has 0 atom stereocenters. The summed E-state index contributed by atoms with van der Waals surface area (Å²) in [6.45, 7) is 15.4. The minimum absolute atomic E-state index is 0.168. The first kappa shape index (κ1) is 25.0. The summed E-state index contributed by atoms with van der Waals surface area (Å²) in [6.07, 6.45) is 2.00. The van der Waals surface area contributed by atoms with E-state index in [9.17, 15) is 4.79 Å². The molecule has 4 nitrogen and oxygen atoms in total. The fourth-order valence-corrected chi connectivity index (χ4v) is 4.79. The zero-order valence-corrected chi connectivity index (χ0v) is 22.2. The van der Waals surface area contributed by atoms with Gasteiger partial charge in [-0.25, -0.2) is 9.78 Å². The van der Waals surface area contributed by atoms with E-state index in [1.165, 1.54) is 24.0 Å². The van der Waals surface area contributed by atoms with Crippen LogP contribution in [0.4, 0.5) is 4.79 Å². The molecule has 0 radical (unpaired) electrons. The molecule has 3 aromatic rings. The van der Waals surface area contributed by atoms with Crippen molar-refractivity contribution in [1.29, 1.82) is 0 Å². The number of amides is 1. The summed E-state index contributed by atoms with van der Waals surface area (Å²) >= 11 is 0. The minimum Gasteiger partial charge on any atom is -0.444 e. The summed E-state index contributed by atoms with van der Waals surface area (Å²) in [5, 5.41) is 2.81. The number of aromatic nitrogens is 1. The predicted octanol–water partition coefficient (Wildman–Crippen LogP) is 7.79. The van der Waals surface area contributed by atoms with E-state index >= 15 is 0 Å². The van der Waals surface area contributed by atoms with Gasteiger partial charge in [0, 0.05) is 17.7 Å². The molecule has 0 spiro atoms. The molecule has 0 bridgehead atoms. The molecule has 4 rings (SSSR count). The number of carbonyl (C=O) groups excluding carboxylic acids is 1. The van der Waals surface area contributed by atoms with Crippen LogP contribution in [0.25, 0.3) is 22.5 Å². The third-order valence-electron chi connectivity index (χ3n) is 6.98. The van der Waals surface area contributed by atoms with Crippen LogP contribution < -0.4 is 5.32 Å². The van der Waals surface area contributed by atoms with Crippen molar-refractivity contribution >= 4 is 6.09 Å². The molecular formula is C31H38N2O2. The van der Waals surface area contributed by atoms with Crippen molar-refractivity contribution in [2.24, 2.45) is 0 Å². The average molecular weight is 471 g/mol. The molecule has 0 saturated carbocycles. The van der Waals surface area contributed by atoms with Crippen molar-refractivity contribution in [2.45, 2.75) is 84.3 Å². The zero-order chi connectivity index (χ0) is 25.4. The van der Waals surface area contributed by atoms with Crippen LogP contribution in [0.15, 0.2) is 60.7 Å². The molecule has 0 aliphatic heterocycles. The highest BCUT2D eigenvalue weighted by molar-refractivity contribution is 5.69. The topological polar surface area (TPSA) is 51.2 Å². The van der Waals surface area contributed by atoms with Gasteiger partial charge in [-0.2, -0.15) is 0 Å². The monoisotopic (exact) mass is 470 g/mol. The Hall–Kier alpha value is -3.14. The van der Waals surface area contributed by atoms with Gasteiger partial charge in [-0.1, -0.05) is 70.2 Å². The lowest BCUT2D eigenvalue weighted by Gasteiger charge is -2.42. The summed E-state index contributed by atoms with van der Waals surface area (Å²) in [7, 11) is 0. The van der Waals surface area contributed by atoms with Crippen LogP contribution in [0.3, 0.4) is 0 Å². The number of alkyl carbamates (subject to hydrolysis) is 1. The fourth-order valence-electron chi connectivity index (χ4n) is 4.79. The molecule has 0 saturated heterocycles. The number of rotatable bonds is 4. The van der Waals surface area contributed by atoms with E-state index < -0.39 is 11.7 Å². The van der Waals surface area contributed by atoms with Gasteiger partial charge in [-0.3, -0.25) is 0 Å². The van der Waals surface area contributed by atoms with Crippen LogP contribution in [-0.2, 0) is 22.1 Å². The normalized spacial score (nSPS) is 16.3. The molecule has 0 fully saturated rings. The Morgan fingerprint density at radius 2 is 1.43 bits per heavy atom. The van der Waals surface area contributed by atoms with Gasteiger partial charge in [0.1, 0.15) is 5.60 Å². The van der Waals surface area contributed by atoms with Crippen molar-refractivity contribution in [1.82, 2.24) is 10.3 Å². The van der Waals surface area contributed by atoms with Crippen LogP contribution in [0.5, 0.6) is 0 Å². The summed E-state index contributed by atoms with van der Waals surface area (Å²) in [5.74, 6) is 0. The number of benzene rings is 2. The molecule has 2 aromatic carbocycles. The van der Waals surface area contributed by atoms with Gasteiger partial charge >= 0.3 is 6.09 Å². The lowest BCUT2D eigenvalue weighted by molar-refractivity contribution is 0.0523. The molecular weight excluding hydrogens is 432 g/mol. The lowest BCUT2D eigenvalue weighted by Crippen LogP contribution is -2.33. The standard InChI is InChI=1S/C31H38N2O2/c1-29(2,3)35-28(34)32-20-21-11-13-22(14-12-21)26-9-8-10-27(33-26)23-15-16-24-25(19-23)31(6,7)18-17-30(24,4)5/h8-16,19H,17-18,20H2,1-7H3,(H,32,34). The molecule has 1 amide bonds. The Kier molecular flexibility index (Phi) is 6.52. The first-order valence-corrected chi connectivity index (χ1v) is 12.5. The summed E-state index contributed by atoms with van der Waals surface area (Å²) < 4.78 is 5.31. The largest absolute Gasteiger partial charge is 0.444 e. The van der Waals surface area contributed by atoms with Gasteiger partial charge in [0.15, 0.2) is 0 Å². The summed E-state index contributed by atoms with van der Waals surface area (Å²) in [4.78, 5) is 16.9.